The van der Waals surface area contributed by atoms with E-state index in [9.17, 15) is 45.1 Å². The van der Waals surface area contributed by atoms with E-state index in [-0.39, 0.29) is 11.3 Å². The van der Waals surface area contributed by atoms with Gasteiger partial charge in [-0.05, 0) is 56.6 Å². The van der Waals surface area contributed by atoms with Crippen molar-refractivity contribution in [2.75, 3.05) is 26.7 Å². The Bertz CT molecular complexity index is 1090. The standard InChI is InChI=1S/C19H25F4N2O9PS/c1-25(36(30,31)13-4-2-12(20)3-5-13)14-10-18(6-8-24-9-7-18)34-16(14)17(26)33-15(19(21,22)23)11-32-35(27,28)29/h2-5,14-16,24H,6-11H2,1H3,(H2,27,28,29)/p-2/t14-,15-,16?/m1/s1. The molecule has 1 N–H and O–H groups in total. The Kier molecular flexibility index (Phi) is 8.52. The fraction of sp³-hybridized carbons (Fsp3) is 0.632. The number of phosphoric acid groups is 1. The van der Waals surface area contributed by atoms with Crippen molar-refractivity contribution in [3.05, 3.63) is 30.1 Å². The highest BCUT2D eigenvalue weighted by Gasteiger charge is 2.55. The van der Waals surface area contributed by atoms with Gasteiger partial charge in [-0.3, -0.25) is 0 Å². The fourth-order valence-electron chi connectivity index (χ4n) is 4.13. The van der Waals surface area contributed by atoms with Gasteiger partial charge in [0, 0.05) is 7.05 Å². The molecule has 0 bridgehead atoms. The van der Waals surface area contributed by atoms with E-state index >= 15 is 0 Å². The molecule has 0 aliphatic carbocycles. The predicted molar refractivity (Wildman–Crippen MR) is 109 cm³/mol. The van der Waals surface area contributed by atoms with E-state index in [0.717, 1.165) is 35.6 Å². The van der Waals surface area contributed by atoms with Crippen LogP contribution in [0.2, 0.25) is 0 Å². The number of benzene rings is 1. The van der Waals surface area contributed by atoms with Gasteiger partial charge in [0.1, 0.15) is 5.82 Å². The first-order valence-electron chi connectivity index (χ1n) is 10.6. The number of hydrogen-bond acceptors (Lipinski definition) is 10. The van der Waals surface area contributed by atoms with Crippen molar-refractivity contribution in [2.45, 2.75) is 54.2 Å². The van der Waals surface area contributed by atoms with Crippen LogP contribution in [0.15, 0.2) is 29.2 Å². The van der Waals surface area contributed by atoms with Gasteiger partial charge in [-0.2, -0.15) is 17.5 Å². The van der Waals surface area contributed by atoms with E-state index in [0.29, 0.717) is 25.9 Å². The Morgan fingerprint density at radius 3 is 2.39 bits per heavy atom. The lowest BCUT2D eigenvalue weighted by Crippen LogP contribution is -2.48. The second-order valence-electron chi connectivity index (χ2n) is 8.43. The Morgan fingerprint density at radius 2 is 1.86 bits per heavy atom. The summed E-state index contributed by atoms with van der Waals surface area (Å²) < 4.78 is 105. The normalized spacial score (nSPS) is 23.7. The molecule has 0 saturated carbocycles. The molecule has 1 spiro atoms. The van der Waals surface area contributed by atoms with Crippen LogP contribution in [0, 0.1) is 5.82 Å². The summed E-state index contributed by atoms with van der Waals surface area (Å²) in [5.41, 5.74) is -1.05. The smallest absolute Gasteiger partial charge is 0.427 e. The number of likely N-dealkylation sites (N-methyl/N-ethyl adjacent to an activating group) is 1. The molecule has 2 fully saturated rings. The summed E-state index contributed by atoms with van der Waals surface area (Å²) in [4.78, 5) is 33.8. The molecule has 2 aliphatic heterocycles. The quantitative estimate of drug-likeness (QED) is 0.261. The van der Waals surface area contributed by atoms with Crippen molar-refractivity contribution in [1.29, 1.82) is 0 Å². The highest BCUT2D eigenvalue weighted by atomic mass is 32.2. The van der Waals surface area contributed by atoms with Crippen LogP contribution in [0.25, 0.3) is 0 Å². The first kappa shape index (κ1) is 28.9. The number of carbonyl (C=O) groups excluding carboxylic acids is 1. The molecule has 11 nitrogen and oxygen atoms in total. The highest BCUT2D eigenvalue weighted by Crippen LogP contribution is 2.42. The topological polar surface area (TPSA) is 157 Å². The monoisotopic (exact) mass is 562 g/mol. The molecule has 2 saturated heterocycles. The molecular formula is C19H23F4N2O9PS-2. The number of alkyl halides is 3. The van der Waals surface area contributed by atoms with Crippen molar-refractivity contribution in [3.8, 4) is 0 Å². The van der Waals surface area contributed by atoms with E-state index in [4.69, 9.17) is 4.74 Å². The summed E-state index contributed by atoms with van der Waals surface area (Å²) in [6.45, 7) is -0.940. The molecule has 0 amide bonds. The van der Waals surface area contributed by atoms with Crippen LogP contribution < -0.4 is 15.1 Å². The lowest BCUT2D eigenvalue weighted by molar-refractivity contribution is -0.345. The van der Waals surface area contributed by atoms with Gasteiger partial charge in [-0.15, -0.1) is 0 Å². The van der Waals surface area contributed by atoms with Crippen LogP contribution in [-0.2, 0) is 33.4 Å². The molecule has 3 rings (SSSR count). The number of halogens is 4. The number of piperidine rings is 1. The minimum absolute atomic E-state index is 0.0606. The zero-order valence-electron chi connectivity index (χ0n) is 18.8. The first-order valence-corrected chi connectivity index (χ1v) is 13.5. The maximum atomic E-state index is 13.4. The lowest BCUT2D eigenvalue weighted by atomic mass is 9.88. The molecular weight excluding hydrogens is 539 g/mol. The van der Waals surface area contributed by atoms with Crippen LogP contribution in [-0.4, -0.2) is 75.5 Å². The zero-order chi connectivity index (χ0) is 26.9. The van der Waals surface area contributed by atoms with E-state index in [1.54, 1.807) is 0 Å². The van der Waals surface area contributed by atoms with Crippen molar-refractivity contribution in [2.24, 2.45) is 0 Å². The maximum absolute atomic E-state index is 13.4. The average molecular weight is 562 g/mol. The Labute approximate surface area is 204 Å². The maximum Gasteiger partial charge on any atom is 0.427 e. The molecule has 3 atom stereocenters. The average Bonchev–Trinajstić information content (AvgIpc) is 3.14. The second-order valence-corrected chi connectivity index (χ2v) is 11.6. The van der Waals surface area contributed by atoms with E-state index in [1.165, 1.54) is 0 Å². The van der Waals surface area contributed by atoms with Crippen LogP contribution in [0.5, 0.6) is 0 Å². The van der Waals surface area contributed by atoms with Gasteiger partial charge in [0.25, 0.3) is 0 Å². The number of sulfonamides is 1. The number of ether oxygens (including phenoxy) is 2. The third kappa shape index (κ3) is 6.81. The lowest BCUT2D eigenvalue weighted by Gasteiger charge is -2.33. The SMILES string of the molecule is CN([C@@H]1CC2(CCNCC2)OC1C(=O)O[C@H](COP(=O)([O-])[O-])C(F)(F)F)S(=O)(=O)c1ccc(F)cc1. The summed E-state index contributed by atoms with van der Waals surface area (Å²) in [7, 11) is -9.07. The molecule has 1 aromatic carbocycles. The number of nitrogens with zero attached hydrogens (tertiary/aromatic N) is 1. The third-order valence-electron chi connectivity index (χ3n) is 6.02. The fourth-order valence-corrected chi connectivity index (χ4v) is 5.80. The van der Waals surface area contributed by atoms with Crippen molar-refractivity contribution >= 4 is 23.8 Å². The zero-order valence-corrected chi connectivity index (χ0v) is 20.5. The molecule has 1 aromatic rings. The molecule has 1 unspecified atom stereocenters. The number of hydrogen-bond donors (Lipinski definition) is 1. The summed E-state index contributed by atoms with van der Waals surface area (Å²) in [6.07, 6.45) is -9.68. The van der Waals surface area contributed by atoms with Gasteiger partial charge in [-0.1, -0.05) is 0 Å². The summed E-state index contributed by atoms with van der Waals surface area (Å²) in [5.74, 6) is -2.31. The van der Waals surface area contributed by atoms with Crippen LogP contribution in [0.4, 0.5) is 17.6 Å². The Morgan fingerprint density at radius 1 is 1.28 bits per heavy atom. The van der Waals surface area contributed by atoms with Gasteiger partial charge in [0.05, 0.1) is 31.0 Å². The number of nitrogens with one attached hydrogen (secondary N) is 1. The van der Waals surface area contributed by atoms with Crippen LogP contribution >= 0.6 is 7.82 Å². The Balaban J connectivity index is 1.89. The number of phosphoric ester groups is 1. The molecule has 17 heteroatoms. The number of esters is 1. The summed E-state index contributed by atoms with van der Waals surface area (Å²) >= 11 is 0. The molecule has 0 aromatic heterocycles. The van der Waals surface area contributed by atoms with Crippen LogP contribution in [0.1, 0.15) is 19.3 Å². The first-order chi connectivity index (χ1) is 16.5. The molecule has 2 aliphatic rings. The Hall–Kier alpha value is -1.65. The molecule has 204 valence electrons. The van der Waals surface area contributed by atoms with Gasteiger partial charge in [-0.25, -0.2) is 17.6 Å². The van der Waals surface area contributed by atoms with E-state index in [2.05, 4.69) is 14.6 Å². The minimum atomic E-state index is -5.82. The predicted octanol–water partition coefficient (Wildman–Crippen LogP) is 0.0453. The largest absolute Gasteiger partial charge is 0.790 e. The van der Waals surface area contributed by atoms with E-state index in [1.807, 2.05) is 0 Å². The molecule has 2 heterocycles. The summed E-state index contributed by atoms with van der Waals surface area (Å²) in [6, 6.07) is 2.48. The van der Waals surface area contributed by atoms with Gasteiger partial charge in [0.2, 0.25) is 16.1 Å². The van der Waals surface area contributed by atoms with Crippen molar-refractivity contribution in [1.82, 2.24) is 9.62 Å². The van der Waals surface area contributed by atoms with Gasteiger partial charge >= 0.3 is 12.1 Å². The van der Waals surface area contributed by atoms with Gasteiger partial charge < -0.3 is 33.7 Å². The third-order valence-corrected chi connectivity index (χ3v) is 8.38. The second kappa shape index (κ2) is 10.6. The highest BCUT2D eigenvalue weighted by molar-refractivity contribution is 7.89. The van der Waals surface area contributed by atoms with E-state index < -0.39 is 66.3 Å². The van der Waals surface area contributed by atoms with Crippen molar-refractivity contribution in [3.63, 3.8) is 0 Å². The summed E-state index contributed by atoms with van der Waals surface area (Å²) in [5, 5.41) is 3.05. The minimum Gasteiger partial charge on any atom is -0.790 e. The number of rotatable bonds is 8. The van der Waals surface area contributed by atoms with Crippen molar-refractivity contribution < 1.29 is 59.1 Å². The molecule has 36 heavy (non-hydrogen) atoms. The van der Waals surface area contributed by atoms with Crippen LogP contribution in [0.3, 0.4) is 0 Å². The van der Waals surface area contributed by atoms with Gasteiger partial charge in [0.15, 0.2) is 6.10 Å². The number of carbonyl (C=O) groups is 1. The molecule has 0 radical (unpaired) electrons.